The van der Waals surface area contributed by atoms with E-state index in [9.17, 15) is 0 Å². The van der Waals surface area contributed by atoms with Crippen LogP contribution in [0.15, 0.2) is 53.0 Å². The highest BCUT2D eigenvalue weighted by Crippen LogP contribution is 2.28. The summed E-state index contributed by atoms with van der Waals surface area (Å²) in [6, 6.07) is 16.3. The summed E-state index contributed by atoms with van der Waals surface area (Å²) in [5, 5.41) is 4.46. The summed E-state index contributed by atoms with van der Waals surface area (Å²) >= 11 is 3.46. The van der Waals surface area contributed by atoms with Gasteiger partial charge in [0.15, 0.2) is 0 Å². The first-order valence-corrected chi connectivity index (χ1v) is 9.13. The van der Waals surface area contributed by atoms with Gasteiger partial charge in [-0.1, -0.05) is 28.1 Å². The smallest absolute Gasteiger partial charge is 0.229 e. The zero-order chi connectivity index (χ0) is 16.4. The molecular formula is C19H20BrClN4. The molecule has 4 rings (SSSR count). The lowest BCUT2D eigenvalue weighted by atomic mass is 10.1. The van der Waals surface area contributed by atoms with Crippen molar-refractivity contribution in [3.8, 4) is 0 Å². The van der Waals surface area contributed by atoms with Crippen LogP contribution in [0.25, 0.3) is 10.9 Å². The van der Waals surface area contributed by atoms with E-state index in [2.05, 4.69) is 49.3 Å². The molecule has 1 fully saturated rings. The predicted molar refractivity (Wildman–Crippen MR) is 110 cm³/mol. The molecule has 6 heteroatoms. The molecule has 1 saturated heterocycles. The van der Waals surface area contributed by atoms with Gasteiger partial charge in [-0.2, -0.15) is 4.98 Å². The van der Waals surface area contributed by atoms with Crippen LogP contribution in [0, 0.1) is 0 Å². The van der Waals surface area contributed by atoms with Crippen LogP contribution in [0.4, 0.5) is 17.5 Å². The molecule has 0 saturated carbocycles. The quantitative estimate of drug-likeness (QED) is 0.604. The summed E-state index contributed by atoms with van der Waals surface area (Å²) in [6.07, 6.45) is 3.77. The standard InChI is InChI=1S/C19H19BrN4.ClH/c20-14-8-10-15(11-9-14)21-19-22-17-7-3-2-6-16(17)18(23-19)24-12-4-1-5-13-24;/h2-3,6-11H,1,4-5,12-13H2,(H,21,22,23);1H. The van der Waals surface area contributed by atoms with Crippen LogP contribution in [0.1, 0.15) is 19.3 Å². The number of halogens is 2. The summed E-state index contributed by atoms with van der Waals surface area (Å²) in [5.74, 6) is 1.69. The first kappa shape index (κ1) is 18.0. The van der Waals surface area contributed by atoms with Gasteiger partial charge in [0.1, 0.15) is 5.82 Å². The summed E-state index contributed by atoms with van der Waals surface area (Å²) in [4.78, 5) is 11.9. The van der Waals surface area contributed by atoms with Crippen molar-refractivity contribution in [1.29, 1.82) is 0 Å². The lowest BCUT2D eigenvalue weighted by Gasteiger charge is -2.28. The number of rotatable bonds is 3. The number of para-hydroxylation sites is 1. The first-order chi connectivity index (χ1) is 11.8. The maximum atomic E-state index is 4.83. The van der Waals surface area contributed by atoms with Gasteiger partial charge in [0.05, 0.1) is 5.52 Å². The molecule has 0 atom stereocenters. The zero-order valence-corrected chi connectivity index (χ0v) is 16.2. The van der Waals surface area contributed by atoms with Gasteiger partial charge in [0.25, 0.3) is 0 Å². The number of fused-ring (bicyclic) bond motifs is 1. The maximum absolute atomic E-state index is 4.83. The molecule has 1 aliphatic heterocycles. The second-order valence-electron chi connectivity index (χ2n) is 6.07. The topological polar surface area (TPSA) is 41.1 Å². The van der Waals surface area contributed by atoms with Crippen LogP contribution in [0.2, 0.25) is 0 Å². The van der Waals surface area contributed by atoms with Crippen LogP contribution >= 0.6 is 28.3 Å². The third-order valence-corrected chi connectivity index (χ3v) is 4.87. The van der Waals surface area contributed by atoms with Crippen molar-refractivity contribution in [3.05, 3.63) is 53.0 Å². The van der Waals surface area contributed by atoms with Crippen LogP contribution < -0.4 is 10.2 Å². The number of hydrogen-bond acceptors (Lipinski definition) is 4. The number of anilines is 3. The Kier molecular flexibility index (Phi) is 5.76. The molecule has 4 nitrogen and oxygen atoms in total. The Balaban J connectivity index is 0.00000182. The molecule has 130 valence electrons. The zero-order valence-electron chi connectivity index (χ0n) is 13.8. The third-order valence-electron chi connectivity index (χ3n) is 4.34. The first-order valence-electron chi connectivity index (χ1n) is 8.34. The second kappa shape index (κ2) is 8.02. The Bertz CT molecular complexity index is 848. The van der Waals surface area contributed by atoms with Gasteiger partial charge in [-0.3, -0.25) is 0 Å². The van der Waals surface area contributed by atoms with Gasteiger partial charge >= 0.3 is 0 Å². The van der Waals surface area contributed by atoms with Crippen LogP contribution in [0.3, 0.4) is 0 Å². The fourth-order valence-corrected chi connectivity index (χ4v) is 3.39. The Morgan fingerprint density at radius 2 is 1.60 bits per heavy atom. The van der Waals surface area contributed by atoms with Crippen molar-refractivity contribution in [3.63, 3.8) is 0 Å². The van der Waals surface area contributed by atoms with E-state index in [1.165, 1.54) is 19.3 Å². The predicted octanol–water partition coefficient (Wildman–Crippen LogP) is 5.55. The molecule has 1 N–H and O–H groups in total. The third kappa shape index (κ3) is 4.05. The highest BCUT2D eigenvalue weighted by Gasteiger charge is 2.17. The molecule has 0 amide bonds. The van der Waals surface area contributed by atoms with Crippen molar-refractivity contribution < 1.29 is 0 Å². The molecule has 0 radical (unpaired) electrons. The van der Waals surface area contributed by atoms with E-state index in [1.807, 2.05) is 30.3 Å². The Hall–Kier alpha value is -1.85. The van der Waals surface area contributed by atoms with Crippen molar-refractivity contribution in [2.24, 2.45) is 0 Å². The minimum atomic E-state index is 0. The summed E-state index contributed by atoms with van der Waals surface area (Å²) < 4.78 is 1.06. The molecule has 3 aromatic rings. The van der Waals surface area contributed by atoms with Crippen LogP contribution in [0.5, 0.6) is 0 Å². The van der Waals surface area contributed by atoms with E-state index >= 15 is 0 Å². The monoisotopic (exact) mass is 418 g/mol. The molecule has 2 aromatic carbocycles. The number of hydrogen-bond donors (Lipinski definition) is 1. The van der Waals surface area contributed by atoms with Crippen molar-refractivity contribution in [2.45, 2.75) is 19.3 Å². The van der Waals surface area contributed by atoms with E-state index in [0.29, 0.717) is 5.95 Å². The number of nitrogens with one attached hydrogen (secondary N) is 1. The van der Waals surface area contributed by atoms with E-state index in [-0.39, 0.29) is 12.4 Å². The average molecular weight is 420 g/mol. The minimum Gasteiger partial charge on any atom is -0.356 e. The fraction of sp³-hybridized carbons (Fsp3) is 0.263. The highest BCUT2D eigenvalue weighted by molar-refractivity contribution is 9.10. The van der Waals surface area contributed by atoms with Gasteiger partial charge in [-0.25, -0.2) is 4.98 Å². The van der Waals surface area contributed by atoms with E-state index in [4.69, 9.17) is 4.98 Å². The fourth-order valence-electron chi connectivity index (χ4n) is 3.12. The molecule has 0 spiro atoms. The molecule has 2 heterocycles. The van der Waals surface area contributed by atoms with E-state index < -0.39 is 0 Å². The van der Waals surface area contributed by atoms with Gasteiger partial charge in [0, 0.05) is 28.6 Å². The molecule has 0 unspecified atom stereocenters. The number of benzene rings is 2. The van der Waals surface area contributed by atoms with Gasteiger partial charge in [-0.15, -0.1) is 12.4 Å². The molecular weight excluding hydrogens is 400 g/mol. The number of piperidine rings is 1. The normalized spacial score (nSPS) is 14.2. The summed E-state index contributed by atoms with van der Waals surface area (Å²) in [5.41, 5.74) is 1.96. The Morgan fingerprint density at radius 1 is 0.880 bits per heavy atom. The van der Waals surface area contributed by atoms with Crippen LogP contribution in [-0.4, -0.2) is 23.1 Å². The Labute approximate surface area is 162 Å². The summed E-state index contributed by atoms with van der Waals surface area (Å²) in [7, 11) is 0. The minimum absolute atomic E-state index is 0. The van der Waals surface area contributed by atoms with Gasteiger partial charge in [-0.05, 0) is 55.7 Å². The maximum Gasteiger partial charge on any atom is 0.229 e. The van der Waals surface area contributed by atoms with Gasteiger partial charge in [0.2, 0.25) is 5.95 Å². The average Bonchev–Trinajstić information content (AvgIpc) is 2.64. The number of aromatic nitrogens is 2. The molecule has 0 aliphatic carbocycles. The van der Waals surface area contributed by atoms with Crippen molar-refractivity contribution in [1.82, 2.24) is 9.97 Å². The van der Waals surface area contributed by atoms with E-state index in [0.717, 1.165) is 40.0 Å². The lowest BCUT2D eigenvalue weighted by molar-refractivity contribution is 0.575. The second-order valence-corrected chi connectivity index (χ2v) is 6.98. The SMILES string of the molecule is Brc1ccc(Nc2nc(N3CCCCC3)c3ccccc3n2)cc1.Cl. The molecule has 0 bridgehead atoms. The molecule has 25 heavy (non-hydrogen) atoms. The molecule has 1 aliphatic rings. The van der Waals surface area contributed by atoms with Crippen LogP contribution in [-0.2, 0) is 0 Å². The van der Waals surface area contributed by atoms with Gasteiger partial charge < -0.3 is 10.2 Å². The van der Waals surface area contributed by atoms with E-state index in [1.54, 1.807) is 0 Å². The lowest BCUT2D eigenvalue weighted by Crippen LogP contribution is -2.30. The number of nitrogens with zero attached hydrogens (tertiary/aromatic N) is 3. The largest absolute Gasteiger partial charge is 0.356 e. The van der Waals surface area contributed by atoms with Crippen molar-refractivity contribution in [2.75, 3.05) is 23.3 Å². The molecule has 1 aromatic heterocycles. The Morgan fingerprint density at radius 3 is 2.36 bits per heavy atom. The summed E-state index contributed by atoms with van der Waals surface area (Å²) in [6.45, 7) is 2.14. The van der Waals surface area contributed by atoms with Crippen molar-refractivity contribution >= 4 is 56.7 Å². The highest BCUT2D eigenvalue weighted by atomic mass is 79.9.